The summed E-state index contributed by atoms with van der Waals surface area (Å²) in [4.78, 5) is 15.9. The molecule has 1 atom stereocenters. The third-order valence-corrected chi connectivity index (χ3v) is 7.30. The largest absolute Gasteiger partial charge is 0.322 e. The van der Waals surface area contributed by atoms with Gasteiger partial charge in [-0.25, -0.2) is 4.79 Å². The molecule has 5 heteroatoms. The fourth-order valence-corrected chi connectivity index (χ4v) is 5.55. The molecule has 0 radical (unpaired) electrons. The lowest BCUT2D eigenvalue weighted by Gasteiger charge is -2.31. The van der Waals surface area contributed by atoms with E-state index in [4.69, 9.17) is 11.6 Å². The predicted octanol–water partition coefficient (Wildman–Crippen LogP) is 7.15. The van der Waals surface area contributed by atoms with E-state index in [-0.39, 0.29) is 12.1 Å². The summed E-state index contributed by atoms with van der Waals surface area (Å²) in [5, 5.41) is 3.97. The van der Waals surface area contributed by atoms with Crippen molar-refractivity contribution in [3.05, 3.63) is 118 Å². The summed E-state index contributed by atoms with van der Waals surface area (Å²) < 4.78 is 2.20. The molecule has 2 aliphatic rings. The minimum atomic E-state index is -0.251. The topological polar surface area (TPSA) is 37.3 Å². The number of nitrogens with one attached hydrogen (secondary N) is 1. The van der Waals surface area contributed by atoms with E-state index in [0.717, 1.165) is 47.5 Å². The molecule has 2 heterocycles. The summed E-state index contributed by atoms with van der Waals surface area (Å²) in [5.41, 5.74) is 7.87. The highest BCUT2D eigenvalue weighted by Crippen LogP contribution is 2.37. The number of nitrogens with zero attached hydrogens (tertiary/aromatic N) is 2. The average molecular weight is 468 g/mol. The van der Waals surface area contributed by atoms with Crippen LogP contribution in [0, 0.1) is 0 Å². The second kappa shape index (κ2) is 8.69. The van der Waals surface area contributed by atoms with Crippen LogP contribution in [0.4, 0.5) is 10.5 Å². The van der Waals surface area contributed by atoms with Gasteiger partial charge in [-0.3, -0.25) is 0 Å². The van der Waals surface area contributed by atoms with E-state index in [2.05, 4.69) is 46.4 Å². The third kappa shape index (κ3) is 3.68. The molecule has 170 valence electrons. The Hall–Kier alpha value is -3.50. The molecule has 1 aliphatic carbocycles. The summed E-state index contributed by atoms with van der Waals surface area (Å²) in [7, 11) is 0. The van der Waals surface area contributed by atoms with Crippen LogP contribution in [0.5, 0.6) is 0 Å². The monoisotopic (exact) mass is 467 g/mol. The fourth-order valence-electron chi connectivity index (χ4n) is 5.42. The van der Waals surface area contributed by atoms with Crippen LogP contribution >= 0.6 is 11.6 Å². The van der Waals surface area contributed by atoms with Gasteiger partial charge in [-0.1, -0.05) is 54.1 Å². The molecule has 0 bridgehead atoms. The molecule has 0 spiro atoms. The minimum Gasteiger partial charge on any atom is -0.318 e. The molecule has 34 heavy (non-hydrogen) atoms. The van der Waals surface area contributed by atoms with Gasteiger partial charge in [-0.15, -0.1) is 0 Å². The van der Waals surface area contributed by atoms with Crippen LogP contribution in [0.1, 0.15) is 46.8 Å². The second-order valence-corrected chi connectivity index (χ2v) is 9.53. The number of carbonyl (C=O) groups is 1. The summed E-state index contributed by atoms with van der Waals surface area (Å²) >= 11 is 6.21. The van der Waals surface area contributed by atoms with E-state index in [9.17, 15) is 4.79 Å². The van der Waals surface area contributed by atoms with Crippen molar-refractivity contribution in [2.45, 2.75) is 38.3 Å². The Morgan fingerprint density at radius 2 is 1.65 bits per heavy atom. The zero-order valence-electron chi connectivity index (χ0n) is 18.9. The van der Waals surface area contributed by atoms with Gasteiger partial charge in [0.1, 0.15) is 0 Å². The number of benzene rings is 3. The number of hydrogen-bond donors (Lipinski definition) is 1. The lowest BCUT2D eigenvalue weighted by Crippen LogP contribution is -2.38. The van der Waals surface area contributed by atoms with E-state index in [0.29, 0.717) is 11.6 Å². The smallest absolute Gasteiger partial charge is 0.318 e. The van der Waals surface area contributed by atoms with Crippen LogP contribution < -0.4 is 5.32 Å². The molecule has 4 aromatic rings. The summed E-state index contributed by atoms with van der Waals surface area (Å²) in [6.45, 7) is 0.506. The number of halogens is 1. The number of aryl methyl sites for hydroxylation is 1. The van der Waals surface area contributed by atoms with Crippen molar-refractivity contribution in [2.24, 2.45) is 0 Å². The third-order valence-electron chi connectivity index (χ3n) is 7.05. The second-order valence-electron chi connectivity index (χ2n) is 9.09. The Balaban J connectivity index is 1.45. The molecule has 0 unspecified atom stereocenters. The van der Waals surface area contributed by atoms with Gasteiger partial charge >= 0.3 is 6.03 Å². The Morgan fingerprint density at radius 3 is 2.53 bits per heavy atom. The van der Waals surface area contributed by atoms with E-state index < -0.39 is 0 Å². The highest BCUT2D eigenvalue weighted by molar-refractivity contribution is 6.30. The van der Waals surface area contributed by atoms with Crippen LogP contribution in [-0.2, 0) is 19.4 Å². The minimum absolute atomic E-state index is 0.0941. The Bertz CT molecular complexity index is 1360. The molecule has 0 saturated heterocycles. The molecule has 6 rings (SSSR count). The molecule has 0 fully saturated rings. The van der Waals surface area contributed by atoms with Crippen molar-refractivity contribution in [3.8, 4) is 5.69 Å². The lowest BCUT2D eigenvalue weighted by molar-refractivity contribution is 0.194. The van der Waals surface area contributed by atoms with E-state index in [1.165, 1.54) is 17.5 Å². The fraction of sp³-hybridized carbons (Fsp3) is 0.207. The first-order chi connectivity index (χ1) is 16.7. The number of para-hydroxylation sites is 1. The van der Waals surface area contributed by atoms with Crippen molar-refractivity contribution in [2.75, 3.05) is 5.32 Å². The number of urea groups is 1. The first kappa shape index (κ1) is 21.1. The van der Waals surface area contributed by atoms with Gasteiger partial charge in [0.25, 0.3) is 0 Å². The molecule has 1 aliphatic heterocycles. The van der Waals surface area contributed by atoms with Crippen LogP contribution in [0.25, 0.3) is 5.69 Å². The molecule has 3 aromatic carbocycles. The Labute approximate surface area is 204 Å². The number of fused-ring (bicyclic) bond motifs is 4. The van der Waals surface area contributed by atoms with Crippen LogP contribution in [0.15, 0.2) is 85.1 Å². The normalized spacial score (nSPS) is 16.7. The Morgan fingerprint density at radius 1 is 0.853 bits per heavy atom. The first-order valence-electron chi connectivity index (χ1n) is 11.9. The number of anilines is 1. The van der Waals surface area contributed by atoms with E-state index >= 15 is 0 Å². The van der Waals surface area contributed by atoms with Gasteiger partial charge in [0.05, 0.1) is 18.3 Å². The zero-order chi connectivity index (χ0) is 23.1. The molecular formula is C29H26ClN3O. The number of hydrogen-bond acceptors (Lipinski definition) is 1. The molecule has 4 nitrogen and oxygen atoms in total. The summed E-state index contributed by atoms with van der Waals surface area (Å²) in [5.74, 6) is 0. The Kier molecular flexibility index (Phi) is 5.39. The predicted molar refractivity (Wildman–Crippen MR) is 137 cm³/mol. The lowest BCUT2D eigenvalue weighted by atomic mass is 9.90. The van der Waals surface area contributed by atoms with Crippen molar-refractivity contribution in [3.63, 3.8) is 0 Å². The standard InChI is InChI=1S/C29H26ClN3O/c30-23-16-14-21(15-17-23)28-27-13-6-18-32(27)26-12-4-2-8-22(26)19-33(28)29(34)31-25-11-5-9-20-7-1-3-10-24(20)25/h2,4-6,8-9,11-18,28H,1,3,7,10,19H2,(H,31,34)/t28-/m1/s1. The van der Waals surface area contributed by atoms with Crippen LogP contribution in [-0.4, -0.2) is 15.5 Å². The van der Waals surface area contributed by atoms with Gasteiger partial charge in [0, 0.05) is 22.6 Å². The van der Waals surface area contributed by atoms with E-state index in [1.54, 1.807) is 0 Å². The quantitative estimate of drug-likeness (QED) is 0.334. The molecule has 1 N–H and O–H groups in total. The van der Waals surface area contributed by atoms with Crippen molar-refractivity contribution in [1.82, 2.24) is 9.47 Å². The number of rotatable bonds is 2. The van der Waals surface area contributed by atoms with Gasteiger partial charge in [-0.05, 0) is 84.3 Å². The molecule has 2 amide bonds. The van der Waals surface area contributed by atoms with Crippen molar-refractivity contribution >= 4 is 23.3 Å². The number of amides is 2. The SMILES string of the molecule is O=C(Nc1cccc2c1CCCC2)N1Cc2ccccc2-n2cccc2[C@H]1c1ccc(Cl)cc1. The highest BCUT2D eigenvalue weighted by Gasteiger charge is 2.33. The maximum Gasteiger partial charge on any atom is 0.322 e. The maximum atomic E-state index is 14.0. The molecule has 0 saturated carbocycles. The number of carbonyl (C=O) groups excluding carboxylic acids is 1. The molecular weight excluding hydrogens is 442 g/mol. The first-order valence-corrected chi connectivity index (χ1v) is 12.3. The van der Waals surface area contributed by atoms with Crippen molar-refractivity contribution in [1.29, 1.82) is 0 Å². The highest BCUT2D eigenvalue weighted by atomic mass is 35.5. The van der Waals surface area contributed by atoms with Gasteiger partial charge in [0.15, 0.2) is 0 Å². The molecule has 1 aromatic heterocycles. The van der Waals surface area contributed by atoms with Crippen LogP contribution in [0.2, 0.25) is 5.02 Å². The maximum absolute atomic E-state index is 14.0. The van der Waals surface area contributed by atoms with Gasteiger partial charge in [0.2, 0.25) is 0 Å². The average Bonchev–Trinajstić information content (AvgIpc) is 3.29. The number of aromatic nitrogens is 1. The van der Waals surface area contributed by atoms with E-state index in [1.807, 2.05) is 53.4 Å². The summed E-state index contributed by atoms with van der Waals surface area (Å²) in [6.07, 6.45) is 6.54. The van der Waals surface area contributed by atoms with Crippen LogP contribution in [0.3, 0.4) is 0 Å². The van der Waals surface area contributed by atoms with Crippen molar-refractivity contribution < 1.29 is 4.79 Å². The summed E-state index contributed by atoms with van der Waals surface area (Å²) in [6, 6.07) is 26.2. The zero-order valence-corrected chi connectivity index (χ0v) is 19.6. The van der Waals surface area contributed by atoms with Gasteiger partial charge < -0.3 is 14.8 Å². The van der Waals surface area contributed by atoms with Gasteiger partial charge in [-0.2, -0.15) is 0 Å².